The van der Waals surface area contributed by atoms with Crippen molar-refractivity contribution in [3.8, 4) is 0 Å². The van der Waals surface area contributed by atoms with Gasteiger partial charge in [0.05, 0.1) is 47.3 Å². The summed E-state index contributed by atoms with van der Waals surface area (Å²) in [4.78, 5) is 33.9. The molecule has 15 heteroatoms. The molecule has 0 aliphatic carbocycles. The quantitative estimate of drug-likeness (QED) is 0.411. The fourth-order valence-corrected chi connectivity index (χ4v) is 4.28. The summed E-state index contributed by atoms with van der Waals surface area (Å²) in [6.45, 7) is 1.03. The van der Waals surface area contributed by atoms with Gasteiger partial charge in [0.15, 0.2) is 0 Å². The number of hydrogen-bond donors (Lipinski definition) is 1. The zero-order valence-corrected chi connectivity index (χ0v) is 20.4. The summed E-state index contributed by atoms with van der Waals surface area (Å²) in [5.74, 6) is -8.13. The van der Waals surface area contributed by atoms with Crippen molar-refractivity contribution in [2.75, 3.05) is 19.5 Å². The third kappa shape index (κ3) is 5.73. The number of carbonyl (C=O) groups is 2. The number of benzene rings is 1. The largest absolute Gasteiger partial charge is 0.468 e. The Labute approximate surface area is 212 Å². The minimum absolute atomic E-state index is 0.179. The molecule has 2 N–H and O–H groups in total. The second-order valence-electron chi connectivity index (χ2n) is 8.15. The second-order valence-corrected chi connectivity index (χ2v) is 8.55. The lowest BCUT2D eigenvalue weighted by Gasteiger charge is -2.34. The highest BCUT2D eigenvalue weighted by Gasteiger charge is 2.50. The van der Waals surface area contributed by atoms with Crippen LogP contribution in [0.25, 0.3) is 0 Å². The van der Waals surface area contributed by atoms with Crippen LogP contribution in [0.4, 0.5) is 27.9 Å². The van der Waals surface area contributed by atoms with E-state index >= 15 is 4.39 Å². The van der Waals surface area contributed by atoms with Gasteiger partial charge < -0.3 is 15.2 Å². The van der Waals surface area contributed by atoms with E-state index in [4.69, 9.17) is 26.8 Å². The van der Waals surface area contributed by atoms with E-state index in [1.54, 1.807) is 0 Å². The lowest BCUT2D eigenvalue weighted by molar-refractivity contribution is -0.146. The molecule has 0 saturated carbocycles. The fraction of sp³-hybridized carbons (Fsp3) is 0.409. The summed E-state index contributed by atoms with van der Waals surface area (Å²) in [7, 11) is 0.901. The molecular weight excluding hydrogens is 529 g/mol. The number of aromatic nitrogens is 3. The highest BCUT2D eigenvalue weighted by Crippen LogP contribution is 2.48. The zero-order valence-electron chi connectivity index (χ0n) is 19.6. The van der Waals surface area contributed by atoms with Gasteiger partial charge in [0.1, 0.15) is 24.7 Å². The van der Waals surface area contributed by atoms with Crippen LogP contribution < -0.4 is 5.73 Å². The number of halogens is 6. The Hall–Kier alpha value is -3.55. The van der Waals surface area contributed by atoms with Crippen LogP contribution in [0.15, 0.2) is 34.7 Å². The molecule has 0 radical (unpaired) electrons. The van der Waals surface area contributed by atoms with Crippen LogP contribution in [0, 0.1) is 11.7 Å². The monoisotopic (exact) mass is 549 g/mol. The number of nitrogens with two attached hydrogens (primary N) is 1. The number of alkyl halides is 4. The standard InChI is InChI=1S/C22H21ClF5N5O4/c1-9(2)37-20(35)16-13(7-33-8-30-21(29)32-33)31-12(6-24)15(19(34)36-3)17(16)14-11(25)5-4-10(23)18(14)22(26,27)28/h4-5,8-9,15,17H,6-7H2,1-3H3,(H2,29,32). The second kappa shape index (κ2) is 10.8. The Morgan fingerprint density at radius 2 is 1.95 bits per heavy atom. The lowest BCUT2D eigenvalue weighted by atomic mass is 9.73. The molecule has 1 aliphatic rings. The Morgan fingerprint density at radius 1 is 1.27 bits per heavy atom. The van der Waals surface area contributed by atoms with Gasteiger partial charge in [-0.2, -0.15) is 13.2 Å². The summed E-state index contributed by atoms with van der Waals surface area (Å²) in [6, 6.07) is 1.32. The minimum Gasteiger partial charge on any atom is -0.468 e. The summed E-state index contributed by atoms with van der Waals surface area (Å²) in [6.07, 6.45) is -4.88. The van der Waals surface area contributed by atoms with Gasteiger partial charge in [-0.3, -0.25) is 9.79 Å². The molecule has 0 bridgehead atoms. The number of esters is 2. The van der Waals surface area contributed by atoms with Crippen molar-refractivity contribution < 1.29 is 41.0 Å². The number of anilines is 1. The number of rotatable bonds is 7. The molecule has 0 saturated heterocycles. The molecule has 2 unspecified atom stereocenters. The van der Waals surface area contributed by atoms with Gasteiger partial charge in [-0.25, -0.2) is 23.2 Å². The summed E-state index contributed by atoms with van der Waals surface area (Å²) in [5.41, 5.74) is 1.11. The predicted octanol–water partition coefficient (Wildman–Crippen LogP) is 3.87. The molecule has 200 valence electrons. The minimum atomic E-state index is -5.23. The van der Waals surface area contributed by atoms with Crippen LogP contribution in [-0.4, -0.2) is 52.3 Å². The van der Waals surface area contributed by atoms with Crippen molar-refractivity contribution in [1.29, 1.82) is 0 Å². The van der Waals surface area contributed by atoms with Crippen LogP contribution in [0.2, 0.25) is 5.02 Å². The van der Waals surface area contributed by atoms with E-state index in [2.05, 4.69) is 15.1 Å². The number of hydrogen-bond acceptors (Lipinski definition) is 8. The number of carbonyl (C=O) groups excluding carboxylic acids is 2. The first-order chi connectivity index (χ1) is 17.3. The topological polar surface area (TPSA) is 122 Å². The van der Waals surface area contributed by atoms with Crippen molar-refractivity contribution >= 4 is 35.2 Å². The summed E-state index contributed by atoms with van der Waals surface area (Å²) >= 11 is 5.84. The number of nitrogen functional groups attached to an aromatic ring is 1. The number of methoxy groups -OCH3 is 1. The maximum absolute atomic E-state index is 15.3. The van der Waals surface area contributed by atoms with Crippen LogP contribution in [0.1, 0.15) is 30.9 Å². The molecule has 2 aromatic rings. The molecule has 0 spiro atoms. The summed E-state index contributed by atoms with van der Waals surface area (Å²) in [5, 5.41) is 2.93. The van der Waals surface area contributed by atoms with Crippen LogP contribution in [0.3, 0.4) is 0 Å². The zero-order chi connectivity index (χ0) is 27.7. The molecule has 1 aromatic carbocycles. The molecule has 2 atom stereocenters. The lowest BCUT2D eigenvalue weighted by Crippen LogP contribution is -2.40. The first kappa shape index (κ1) is 28.0. The van der Waals surface area contributed by atoms with Gasteiger partial charge in [0, 0.05) is 11.5 Å². The number of ether oxygens (including phenoxy) is 2. The van der Waals surface area contributed by atoms with Crippen molar-refractivity contribution in [3.05, 3.63) is 51.7 Å². The number of allylic oxidation sites excluding steroid dienone is 1. The van der Waals surface area contributed by atoms with Crippen molar-refractivity contribution in [3.63, 3.8) is 0 Å². The molecule has 0 amide bonds. The maximum atomic E-state index is 15.3. The average molecular weight is 550 g/mol. The van der Waals surface area contributed by atoms with Crippen LogP contribution >= 0.6 is 11.6 Å². The fourth-order valence-electron chi connectivity index (χ4n) is 4.01. The molecule has 3 rings (SSSR count). The van der Waals surface area contributed by atoms with E-state index < -0.39 is 82.5 Å². The Morgan fingerprint density at radius 3 is 2.46 bits per heavy atom. The van der Waals surface area contributed by atoms with Crippen molar-refractivity contribution in [2.24, 2.45) is 10.9 Å². The first-order valence-corrected chi connectivity index (χ1v) is 11.0. The van der Waals surface area contributed by atoms with E-state index in [1.807, 2.05) is 0 Å². The van der Waals surface area contributed by atoms with E-state index in [9.17, 15) is 27.2 Å². The third-order valence-electron chi connectivity index (χ3n) is 5.35. The van der Waals surface area contributed by atoms with Gasteiger partial charge in [-0.1, -0.05) is 11.6 Å². The molecule has 1 aromatic heterocycles. The predicted molar refractivity (Wildman–Crippen MR) is 121 cm³/mol. The number of aliphatic imine (C=N–C) groups is 1. The van der Waals surface area contributed by atoms with Crippen LogP contribution in [-0.2, 0) is 31.8 Å². The Kier molecular flexibility index (Phi) is 8.20. The number of nitrogens with zero attached hydrogens (tertiary/aromatic N) is 4. The van der Waals surface area contributed by atoms with E-state index in [0.717, 1.165) is 18.1 Å². The van der Waals surface area contributed by atoms with E-state index in [-0.39, 0.29) is 11.6 Å². The molecule has 37 heavy (non-hydrogen) atoms. The van der Waals surface area contributed by atoms with E-state index in [0.29, 0.717) is 12.1 Å². The van der Waals surface area contributed by atoms with Crippen LogP contribution in [0.5, 0.6) is 0 Å². The molecule has 9 nitrogen and oxygen atoms in total. The molecule has 0 fully saturated rings. The smallest absolute Gasteiger partial charge is 0.418 e. The van der Waals surface area contributed by atoms with E-state index in [1.165, 1.54) is 13.8 Å². The summed E-state index contributed by atoms with van der Waals surface area (Å²) < 4.78 is 83.0. The van der Waals surface area contributed by atoms with Gasteiger partial charge in [0.25, 0.3) is 0 Å². The average Bonchev–Trinajstić information content (AvgIpc) is 3.22. The van der Waals surface area contributed by atoms with Gasteiger partial charge in [0.2, 0.25) is 5.95 Å². The van der Waals surface area contributed by atoms with Crippen molar-refractivity contribution in [1.82, 2.24) is 14.8 Å². The Bertz CT molecular complexity index is 1270. The highest BCUT2D eigenvalue weighted by atomic mass is 35.5. The molecule has 1 aliphatic heterocycles. The normalized spacial score (nSPS) is 18.2. The Balaban J connectivity index is 2.45. The maximum Gasteiger partial charge on any atom is 0.418 e. The van der Waals surface area contributed by atoms with Gasteiger partial charge in [-0.05, 0) is 26.0 Å². The molecular formula is C22H21ClF5N5O4. The first-order valence-electron chi connectivity index (χ1n) is 10.6. The van der Waals surface area contributed by atoms with Gasteiger partial charge in [-0.15, -0.1) is 5.10 Å². The SMILES string of the molecule is COC(=O)C1C(CF)=NC(Cn2cnc(N)n2)=C(C(=O)OC(C)C)C1c1c(F)ccc(Cl)c1C(F)(F)F. The molecule has 2 heterocycles. The highest BCUT2D eigenvalue weighted by molar-refractivity contribution is 6.31. The van der Waals surface area contributed by atoms with Gasteiger partial charge >= 0.3 is 18.1 Å². The third-order valence-corrected chi connectivity index (χ3v) is 5.66. The van der Waals surface area contributed by atoms with Crippen molar-refractivity contribution in [2.45, 2.75) is 38.6 Å².